The molecule has 1 aromatic carbocycles. The quantitative estimate of drug-likeness (QED) is 0.283. The molecule has 7 nitrogen and oxygen atoms in total. The van der Waals surface area contributed by atoms with Gasteiger partial charge in [0.25, 0.3) is 5.91 Å². The van der Waals surface area contributed by atoms with E-state index in [1.807, 2.05) is 18.2 Å². The number of carbonyl (C=O) groups excluding carboxylic acids is 1. The molecule has 0 spiro atoms. The fraction of sp³-hybridized carbons (Fsp3) is 0.458. The fourth-order valence-corrected chi connectivity index (χ4v) is 5.14. The molecule has 0 atom stereocenters. The van der Waals surface area contributed by atoms with Gasteiger partial charge < -0.3 is 18.6 Å². The minimum absolute atomic E-state index is 0.0255. The van der Waals surface area contributed by atoms with E-state index in [4.69, 9.17) is 32.4 Å². The minimum Gasteiger partial charge on any atom is -0.415 e. The van der Waals surface area contributed by atoms with Gasteiger partial charge in [-0.25, -0.2) is 9.97 Å². The zero-order chi connectivity index (χ0) is 24.7. The Labute approximate surface area is 211 Å². The first-order valence-electron chi connectivity index (χ1n) is 11.3. The molecule has 0 aliphatic carbocycles. The highest BCUT2D eigenvalue weighted by atomic mass is 35.5. The SMILES string of the molecule is CC(C)(C)[Si](C)(C)OCCN(C(=O)c1c(Cl)ncnc1Cl)c1ccc2c(ccn2C2COC2)c1. The van der Waals surface area contributed by atoms with Crippen LogP contribution in [0.2, 0.25) is 28.4 Å². The number of carbonyl (C=O) groups is 1. The zero-order valence-electron chi connectivity index (χ0n) is 20.1. The van der Waals surface area contributed by atoms with Crippen LogP contribution in [0.5, 0.6) is 0 Å². The second kappa shape index (κ2) is 9.58. The van der Waals surface area contributed by atoms with Crippen LogP contribution in [-0.4, -0.2) is 55.1 Å². The molecule has 0 saturated carbocycles. The van der Waals surface area contributed by atoms with E-state index in [2.05, 4.69) is 60.7 Å². The average Bonchev–Trinajstić information content (AvgIpc) is 3.11. The van der Waals surface area contributed by atoms with Crippen LogP contribution in [0, 0.1) is 0 Å². The molecule has 4 rings (SSSR count). The maximum absolute atomic E-state index is 13.7. The number of anilines is 1. The number of halogens is 2. The molecule has 1 saturated heterocycles. The van der Waals surface area contributed by atoms with Gasteiger partial charge in [0, 0.05) is 29.3 Å². The number of hydrogen-bond acceptors (Lipinski definition) is 5. The van der Waals surface area contributed by atoms with Gasteiger partial charge in [-0.3, -0.25) is 4.79 Å². The van der Waals surface area contributed by atoms with E-state index in [1.165, 1.54) is 6.33 Å². The molecular formula is C24H30Cl2N4O3Si. The van der Waals surface area contributed by atoms with Crippen LogP contribution in [0.3, 0.4) is 0 Å². The summed E-state index contributed by atoms with van der Waals surface area (Å²) in [6, 6.07) is 8.37. The van der Waals surface area contributed by atoms with Crippen molar-refractivity contribution in [2.24, 2.45) is 0 Å². The lowest BCUT2D eigenvalue weighted by Crippen LogP contribution is -2.43. The van der Waals surface area contributed by atoms with E-state index in [-0.39, 0.29) is 26.8 Å². The van der Waals surface area contributed by atoms with Gasteiger partial charge in [-0.1, -0.05) is 44.0 Å². The van der Waals surface area contributed by atoms with Crippen molar-refractivity contribution in [2.45, 2.75) is 44.9 Å². The Bertz CT molecular complexity index is 1180. The van der Waals surface area contributed by atoms with Crippen molar-refractivity contribution in [3.05, 3.63) is 52.7 Å². The maximum atomic E-state index is 13.7. The fourth-order valence-electron chi connectivity index (χ4n) is 3.63. The van der Waals surface area contributed by atoms with Gasteiger partial charge in [-0.2, -0.15) is 0 Å². The molecule has 2 aromatic heterocycles. The lowest BCUT2D eigenvalue weighted by molar-refractivity contribution is -0.0213. The third-order valence-corrected chi connectivity index (χ3v) is 11.9. The van der Waals surface area contributed by atoms with E-state index in [0.717, 1.165) is 16.6 Å². The maximum Gasteiger partial charge on any atom is 0.264 e. The van der Waals surface area contributed by atoms with Crippen LogP contribution in [0.1, 0.15) is 37.2 Å². The van der Waals surface area contributed by atoms with Crippen molar-refractivity contribution in [3.63, 3.8) is 0 Å². The predicted octanol–water partition coefficient (Wildman–Crippen LogP) is 5.98. The van der Waals surface area contributed by atoms with Crippen LogP contribution < -0.4 is 4.90 Å². The number of nitrogens with zero attached hydrogens (tertiary/aromatic N) is 4. The van der Waals surface area contributed by atoms with E-state index < -0.39 is 8.32 Å². The molecule has 0 unspecified atom stereocenters. The van der Waals surface area contributed by atoms with Gasteiger partial charge in [-0.05, 0) is 42.4 Å². The van der Waals surface area contributed by atoms with Crippen LogP contribution in [0.15, 0.2) is 36.8 Å². The van der Waals surface area contributed by atoms with E-state index in [9.17, 15) is 4.79 Å². The Kier molecular flexibility index (Phi) is 7.08. The van der Waals surface area contributed by atoms with E-state index >= 15 is 0 Å². The molecule has 182 valence electrons. The summed E-state index contributed by atoms with van der Waals surface area (Å²) in [6.45, 7) is 13.1. The molecule has 34 heavy (non-hydrogen) atoms. The van der Waals surface area contributed by atoms with Gasteiger partial charge in [0.2, 0.25) is 0 Å². The van der Waals surface area contributed by atoms with Crippen molar-refractivity contribution in [1.82, 2.24) is 14.5 Å². The first-order valence-corrected chi connectivity index (χ1v) is 15.0. The van der Waals surface area contributed by atoms with Crippen molar-refractivity contribution >= 4 is 54.0 Å². The largest absolute Gasteiger partial charge is 0.415 e. The third-order valence-electron chi connectivity index (χ3n) is 6.83. The number of rotatable bonds is 7. The molecule has 3 heterocycles. The van der Waals surface area contributed by atoms with Crippen molar-refractivity contribution in [3.8, 4) is 0 Å². The van der Waals surface area contributed by atoms with E-state index in [1.54, 1.807) is 4.90 Å². The molecular weight excluding hydrogens is 491 g/mol. The Hall–Kier alpha value is -1.97. The molecule has 1 fully saturated rings. The summed E-state index contributed by atoms with van der Waals surface area (Å²) in [7, 11) is -1.99. The molecule has 0 bridgehead atoms. The van der Waals surface area contributed by atoms with E-state index in [0.29, 0.717) is 32.4 Å². The highest BCUT2D eigenvalue weighted by molar-refractivity contribution is 6.74. The van der Waals surface area contributed by atoms with Crippen molar-refractivity contribution < 1.29 is 14.0 Å². The minimum atomic E-state index is -1.99. The normalized spacial score (nSPS) is 14.9. The Morgan fingerprint density at radius 1 is 1.21 bits per heavy atom. The summed E-state index contributed by atoms with van der Waals surface area (Å²) >= 11 is 12.5. The average molecular weight is 522 g/mol. The number of amides is 1. The number of benzene rings is 1. The van der Waals surface area contributed by atoms with Gasteiger partial charge in [0.05, 0.1) is 25.9 Å². The summed E-state index contributed by atoms with van der Waals surface area (Å²) in [5, 5.41) is 1.15. The van der Waals surface area contributed by atoms with Gasteiger partial charge in [0.15, 0.2) is 8.32 Å². The molecule has 0 N–H and O–H groups in total. The summed E-state index contributed by atoms with van der Waals surface area (Å²) < 4.78 is 13.9. The topological polar surface area (TPSA) is 69.5 Å². The Morgan fingerprint density at radius 3 is 2.47 bits per heavy atom. The molecule has 1 amide bonds. The third kappa shape index (κ3) is 4.88. The second-order valence-corrected chi connectivity index (χ2v) is 15.6. The number of hydrogen-bond donors (Lipinski definition) is 0. The highest BCUT2D eigenvalue weighted by Gasteiger charge is 2.37. The smallest absolute Gasteiger partial charge is 0.264 e. The van der Waals surface area contributed by atoms with Gasteiger partial charge in [-0.15, -0.1) is 0 Å². The first kappa shape index (κ1) is 25.1. The van der Waals surface area contributed by atoms with Crippen molar-refractivity contribution in [2.75, 3.05) is 31.3 Å². The van der Waals surface area contributed by atoms with Crippen LogP contribution in [0.25, 0.3) is 10.9 Å². The molecule has 1 aliphatic rings. The Balaban J connectivity index is 1.66. The van der Waals surface area contributed by atoms with Crippen LogP contribution in [0.4, 0.5) is 5.69 Å². The van der Waals surface area contributed by atoms with Crippen molar-refractivity contribution in [1.29, 1.82) is 0 Å². The summed E-state index contributed by atoms with van der Waals surface area (Å²) in [6.07, 6.45) is 3.30. The summed E-state index contributed by atoms with van der Waals surface area (Å²) in [5.74, 6) is -0.361. The molecule has 10 heteroatoms. The van der Waals surface area contributed by atoms with Crippen LogP contribution in [-0.2, 0) is 9.16 Å². The van der Waals surface area contributed by atoms with Gasteiger partial charge in [0.1, 0.15) is 22.2 Å². The molecule has 3 aromatic rings. The number of ether oxygens (including phenoxy) is 1. The first-order chi connectivity index (χ1) is 16.0. The Morgan fingerprint density at radius 2 is 1.88 bits per heavy atom. The number of aromatic nitrogens is 3. The standard InChI is InChI=1S/C24H30Cl2N4O3Si/c1-24(2,3)34(4,5)33-11-10-30(23(31)20-21(25)27-15-28-22(20)26)17-6-7-19-16(12-17)8-9-29(19)18-13-32-14-18/h6-9,12,15,18H,10-11,13-14H2,1-5H3. The molecule has 1 aliphatic heterocycles. The second-order valence-electron chi connectivity index (χ2n) is 10.1. The van der Waals surface area contributed by atoms with Gasteiger partial charge >= 0.3 is 0 Å². The summed E-state index contributed by atoms with van der Waals surface area (Å²) in [5.41, 5.74) is 1.92. The van der Waals surface area contributed by atoms with Crippen LogP contribution >= 0.6 is 23.2 Å². The predicted molar refractivity (Wildman–Crippen MR) is 139 cm³/mol. The monoisotopic (exact) mass is 520 g/mol. The number of fused-ring (bicyclic) bond motifs is 1. The summed E-state index contributed by atoms with van der Waals surface area (Å²) in [4.78, 5) is 23.2. The lowest BCUT2D eigenvalue weighted by atomic mass is 10.2. The highest BCUT2D eigenvalue weighted by Crippen LogP contribution is 2.37. The lowest BCUT2D eigenvalue weighted by Gasteiger charge is -2.37. The zero-order valence-corrected chi connectivity index (χ0v) is 22.7. The molecule has 0 radical (unpaired) electrons.